The van der Waals surface area contributed by atoms with Crippen LogP contribution in [0.5, 0.6) is 0 Å². The molecule has 2 heterocycles. The van der Waals surface area contributed by atoms with E-state index in [1.54, 1.807) is 0 Å². The van der Waals surface area contributed by atoms with Crippen LogP contribution in [0.1, 0.15) is 39.0 Å². The van der Waals surface area contributed by atoms with Crippen molar-refractivity contribution >= 4 is 11.8 Å². The van der Waals surface area contributed by atoms with Gasteiger partial charge in [-0.15, -0.1) is 0 Å². The molecule has 2 rings (SSSR count). The molecule has 2 aliphatic rings. The van der Waals surface area contributed by atoms with Crippen LogP contribution in [0.25, 0.3) is 0 Å². The maximum absolute atomic E-state index is 12.6. The predicted molar refractivity (Wildman–Crippen MR) is 81.7 cm³/mol. The van der Waals surface area contributed by atoms with Gasteiger partial charge in [0.2, 0.25) is 11.8 Å². The smallest absolute Gasteiger partial charge is 0.237 e. The average molecular weight is 296 g/mol. The molecule has 6 heteroatoms. The number of amides is 2. The van der Waals surface area contributed by atoms with E-state index >= 15 is 0 Å². The number of nitrogens with one attached hydrogen (secondary N) is 1. The molecule has 2 aliphatic heterocycles. The Labute approximate surface area is 127 Å². The molecule has 2 amide bonds. The number of carbonyl (C=O) groups is 2. The highest BCUT2D eigenvalue weighted by Gasteiger charge is 2.28. The second kappa shape index (κ2) is 7.75. The molecule has 21 heavy (non-hydrogen) atoms. The molecule has 2 fully saturated rings. The lowest BCUT2D eigenvalue weighted by atomic mass is 10.0. The van der Waals surface area contributed by atoms with Gasteiger partial charge in [-0.05, 0) is 52.1 Å². The number of carbonyl (C=O) groups excluding carboxylic acids is 2. The quantitative estimate of drug-likeness (QED) is 0.744. The summed E-state index contributed by atoms with van der Waals surface area (Å²) in [6.07, 6.45) is 5.30. The summed E-state index contributed by atoms with van der Waals surface area (Å²) in [5.74, 6) is -0.213. The zero-order valence-electron chi connectivity index (χ0n) is 13.0. The van der Waals surface area contributed by atoms with Crippen molar-refractivity contribution < 1.29 is 9.59 Å². The minimum Gasteiger partial charge on any atom is -0.369 e. The Bertz CT molecular complexity index is 369. The summed E-state index contributed by atoms with van der Waals surface area (Å²) in [5.41, 5.74) is 5.36. The fourth-order valence-electron chi connectivity index (χ4n) is 3.42. The Morgan fingerprint density at radius 3 is 2.52 bits per heavy atom. The minimum atomic E-state index is -0.354. The van der Waals surface area contributed by atoms with Crippen molar-refractivity contribution in [3.63, 3.8) is 0 Å². The fraction of sp³-hybridized carbons (Fsp3) is 0.867. The van der Waals surface area contributed by atoms with Crippen LogP contribution in [0.2, 0.25) is 0 Å². The van der Waals surface area contributed by atoms with E-state index in [4.69, 9.17) is 5.73 Å². The third-order valence-electron chi connectivity index (χ3n) is 4.65. The normalized spacial score (nSPS) is 24.3. The number of piperidine rings is 2. The van der Waals surface area contributed by atoms with Gasteiger partial charge in [-0.1, -0.05) is 0 Å². The molecule has 0 saturated carbocycles. The lowest BCUT2D eigenvalue weighted by molar-refractivity contribution is -0.137. The van der Waals surface area contributed by atoms with Gasteiger partial charge < -0.3 is 16.0 Å². The van der Waals surface area contributed by atoms with E-state index in [-0.39, 0.29) is 24.4 Å². The molecule has 0 aromatic heterocycles. The van der Waals surface area contributed by atoms with E-state index < -0.39 is 0 Å². The standard InChI is InChI=1S/C15H28N4O2/c1-12-4-2-3-9-19(12)15(21)11-18(10-14(16)20)13-5-7-17-8-6-13/h12-13,17H,2-11H2,1H3,(H2,16,20). The van der Waals surface area contributed by atoms with Crippen LogP contribution in [-0.4, -0.2) is 66.4 Å². The Hall–Kier alpha value is -1.14. The van der Waals surface area contributed by atoms with Gasteiger partial charge in [-0.3, -0.25) is 14.5 Å². The van der Waals surface area contributed by atoms with Crippen molar-refractivity contribution in [3.8, 4) is 0 Å². The average Bonchev–Trinajstić information content (AvgIpc) is 2.47. The second-order valence-electron chi connectivity index (χ2n) is 6.28. The van der Waals surface area contributed by atoms with Gasteiger partial charge in [0.25, 0.3) is 0 Å². The molecule has 6 nitrogen and oxygen atoms in total. The minimum absolute atomic E-state index is 0.141. The zero-order valence-corrected chi connectivity index (χ0v) is 13.0. The van der Waals surface area contributed by atoms with Crippen LogP contribution in [0, 0.1) is 0 Å². The Balaban J connectivity index is 1.96. The van der Waals surface area contributed by atoms with E-state index in [1.807, 2.05) is 9.80 Å². The summed E-state index contributed by atoms with van der Waals surface area (Å²) in [6.45, 7) is 5.33. The number of primary amides is 1. The fourth-order valence-corrected chi connectivity index (χ4v) is 3.42. The van der Waals surface area contributed by atoms with Gasteiger partial charge in [-0.25, -0.2) is 0 Å². The van der Waals surface area contributed by atoms with Crippen molar-refractivity contribution in [2.24, 2.45) is 5.73 Å². The molecule has 1 unspecified atom stereocenters. The molecule has 0 aliphatic carbocycles. The van der Waals surface area contributed by atoms with Crippen molar-refractivity contribution in [2.45, 2.75) is 51.1 Å². The first-order valence-electron chi connectivity index (χ1n) is 8.10. The molecular weight excluding hydrogens is 268 g/mol. The van der Waals surface area contributed by atoms with Crippen LogP contribution in [-0.2, 0) is 9.59 Å². The third kappa shape index (κ3) is 4.68. The molecule has 1 atom stereocenters. The summed E-state index contributed by atoms with van der Waals surface area (Å²) >= 11 is 0. The summed E-state index contributed by atoms with van der Waals surface area (Å²) in [5, 5.41) is 3.31. The number of hydrogen-bond donors (Lipinski definition) is 2. The molecule has 120 valence electrons. The lowest BCUT2D eigenvalue weighted by Crippen LogP contribution is -2.52. The molecule has 3 N–H and O–H groups in total. The van der Waals surface area contributed by atoms with E-state index in [0.29, 0.717) is 12.6 Å². The SMILES string of the molecule is CC1CCCCN1C(=O)CN(CC(N)=O)C1CCNCC1. The van der Waals surface area contributed by atoms with E-state index in [9.17, 15) is 9.59 Å². The molecule has 0 spiro atoms. The highest BCUT2D eigenvalue weighted by molar-refractivity contribution is 5.80. The second-order valence-corrected chi connectivity index (χ2v) is 6.28. The van der Waals surface area contributed by atoms with E-state index in [1.165, 1.54) is 6.42 Å². The first kappa shape index (κ1) is 16.2. The van der Waals surface area contributed by atoms with Crippen molar-refractivity contribution in [1.82, 2.24) is 15.1 Å². The number of nitrogens with two attached hydrogens (primary N) is 1. The number of rotatable bonds is 5. The van der Waals surface area contributed by atoms with Crippen molar-refractivity contribution in [2.75, 3.05) is 32.7 Å². The topological polar surface area (TPSA) is 78.7 Å². The Morgan fingerprint density at radius 2 is 1.90 bits per heavy atom. The summed E-state index contributed by atoms with van der Waals surface area (Å²) in [7, 11) is 0. The molecule has 0 aromatic carbocycles. The largest absolute Gasteiger partial charge is 0.369 e. The van der Waals surface area contributed by atoms with Gasteiger partial charge in [0, 0.05) is 18.6 Å². The van der Waals surface area contributed by atoms with Crippen LogP contribution < -0.4 is 11.1 Å². The Kier molecular flexibility index (Phi) is 5.99. The van der Waals surface area contributed by atoms with Crippen LogP contribution in [0.3, 0.4) is 0 Å². The van der Waals surface area contributed by atoms with Crippen molar-refractivity contribution in [1.29, 1.82) is 0 Å². The van der Waals surface area contributed by atoms with Gasteiger partial charge in [0.05, 0.1) is 13.1 Å². The summed E-state index contributed by atoms with van der Waals surface area (Å²) in [6, 6.07) is 0.595. The summed E-state index contributed by atoms with van der Waals surface area (Å²) < 4.78 is 0. The highest BCUT2D eigenvalue weighted by atomic mass is 16.2. The first-order chi connectivity index (χ1) is 10.1. The van der Waals surface area contributed by atoms with Crippen LogP contribution >= 0.6 is 0 Å². The number of hydrogen-bond acceptors (Lipinski definition) is 4. The first-order valence-corrected chi connectivity index (χ1v) is 8.10. The number of likely N-dealkylation sites (tertiary alicyclic amines) is 1. The lowest BCUT2D eigenvalue weighted by Gasteiger charge is -2.38. The Morgan fingerprint density at radius 1 is 1.19 bits per heavy atom. The van der Waals surface area contributed by atoms with Crippen LogP contribution in [0.15, 0.2) is 0 Å². The van der Waals surface area contributed by atoms with Crippen LogP contribution in [0.4, 0.5) is 0 Å². The predicted octanol–water partition coefficient (Wildman–Crippen LogP) is -0.0733. The molecular formula is C15H28N4O2. The van der Waals surface area contributed by atoms with Gasteiger partial charge in [0.15, 0.2) is 0 Å². The molecule has 2 saturated heterocycles. The number of nitrogens with zero attached hydrogens (tertiary/aromatic N) is 2. The van der Waals surface area contributed by atoms with Gasteiger partial charge in [0.1, 0.15) is 0 Å². The molecule has 0 bridgehead atoms. The molecule has 0 radical (unpaired) electrons. The van der Waals surface area contributed by atoms with E-state index in [0.717, 1.165) is 45.3 Å². The molecule has 0 aromatic rings. The highest BCUT2D eigenvalue weighted by Crippen LogP contribution is 2.18. The van der Waals surface area contributed by atoms with Gasteiger partial charge in [-0.2, -0.15) is 0 Å². The monoisotopic (exact) mass is 296 g/mol. The maximum Gasteiger partial charge on any atom is 0.237 e. The zero-order chi connectivity index (χ0) is 15.2. The van der Waals surface area contributed by atoms with Gasteiger partial charge >= 0.3 is 0 Å². The summed E-state index contributed by atoms with van der Waals surface area (Å²) in [4.78, 5) is 27.8. The van der Waals surface area contributed by atoms with Crippen molar-refractivity contribution in [3.05, 3.63) is 0 Å². The third-order valence-corrected chi connectivity index (χ3v) is 4.65. The van der Waals surface area contributed by atoms with E-state index in [2.05, 4.69) is 12.2 Å². The maximum atomic E-state index is 12.6.